The van der Waals surface area contributed by atoms with Crippen molar-refractivity contribution >= 4 is 57.2 Å². The van der Waals surface area contributed by atoms with Gasteiger partial charge in [-0.05, 0) is 6.55 Å². The summed E-state index contributed by atoms with van der Waals surface area (Å²) in [5.41, 5.74) is -0.894. The fourth-order valence-electron chi connectivity index (χ4n) is 2.53. The maximum Gasteiger partial charge on any atom is 0.217 e. The summed E-state index contributed by atoms with van der Waals surface area (Å²) in [5.74, 6) is 0. The molecule has 2 bridgehead atoms. The van der Waals surface area contributed by atoms with Crippen molar-refractivity contribution in [3.8, 4) is 0 Å². The molecule has 0 saturated carbocycles. The van der Waals surface area contributed by atoms with Crippen molar-refractivity contribution in [1.29, 1.82) is 0 Å². The Balaban J connectivity index is 2.49. The molecule has 0 spiro atoms. The van der Waals surface area contributed by atoms with Gasteiger partial charge in [0, 0.05) is 0 Å². The van der Waals surface area contributed by atoms with E-state index in [-0.39, 0.29) is 0 Å². The van der Waals surface area contributed by atoms with E-state index in [9.17, 15) is 0 Å². The zero-order valence-electron chi connectivity index (χ0n) is 9.22. The summed E-state index contributed by atoms with van der Waals surface area (Å²) in [4.78, 5) is 0. The zero-order chi connectivity index (χ0) is 10.1. The molecule has 13 heavy (non-hydrogen) atoms. The Bertz CT molecular complexity index is 247. The Morgan fingerprint density at radius 3 is 1.15 bits per heavy atom. The average molecular weight is 299 g/mol. The number of fused-ring (bicyclic) bond motifs is 2. The molecular weight excluding hydrogens is 281 g/mol. The molecular formula is C6H18S3Si4. The van der Waals surface area contributed by atoms with E-state index in [0.29, 0.717) is 0 Å². The van der Waals surface area contributed by atoms with Crippen LogP contribution in [0.25, 0.3) is 0 Å². The molecule has 0 unspecified atom stereocenters. The molecule has 0 nitrogen and oxygen atoms in total. The molecule has 2 rings (SSSR count). The van der Waals surface area contributed by atoms with Crippen LogP contribution < -0.4 is 0 Å². The van der Waals surface area contributed by atoms with Gasteiger partial charge in [-0.25, -0.2) is 0 Å². The van der Waals surface area contributed by atoms with Crippen LogP contribution >= 0.6 is 32.0 Å². The van der Waals surface area contributed by atoms with Crippen molar-refractivity contribution in [2.24, 2.45) is 0 Å². The third-order valence-corrected chi connectivity index (χ3v) is 113. The molecule has 2 heterocycles. The Labute approximate surface area is 95.9 Å². The summed E-state index contributed by atoms with van der Waals surface area (Å²) in [7, 11) is 7.62. The highest BCUT2D eigenvalue weighted by molar-refractivity contribution is 9.11. The lowest BCUT2D eigenvalue weighted by atomic mass is 11.9. The molecule has 0 aromatic carbocycles. The summed E-state index contributed by atoms with van der Waals surface area (Å²) in [6.07, 6.45) is -0.832. The first-order chi connectivity index (χ1) is 5.62. The second-order valence-corrected chi connectivity index (χ2v) is 60.6. The predicted octanol–water partition coefficient (Wildman–Crippen LogP) is 3.92. The molecule has 2 saturated heterocycles. The van der Waals surface area contributed by atoms with E-state index in [1.54, 1.807) is 0 Å². The van der Waals surface area contributed by atoms with Crippen LogP contribution in [0.3, 0.4) is 0 Å². The Morgan fingerprint density at radius 2 is 1.00 bits per heavy atom. The molecule has 0 aromatic rings. The largest absolute Gasteiger partial charge is 0.217 e. The standard InChI is InChI=1S/C6H18S3Si4/c1-10(2)7-12(5)8-11(3,4)13(10,6)9-12/h1-6H3. The minimum absolute atomic E-state index is 0.831. The van der Waals surface area contributed by atoms with Gasteiger partial charge in [-0.3, -0.25) is 0 Å². The summed E-state index contributed by atoms with van der Waals surface area (Å²) < 4.78 is 0. The van der Waals surface area contributed by atoms with Crippen LogP contribution in [0.2, 0.25) is 39.3 Å². The first-order valence-electron chi connectivity index (χ1n) is 4.72. The van der Waals surface area contributed by atoms with Crippen molar-refractivity contribution in [2.75, 3.05) is 0 Å². The van der Waals surface area contributed by atoms with E-state index >= 15 is 0 Å². The lowest BCUT2D eigenvalue weighted by molar-refractivity contribution is 1.96. The quantitative estimate of drug-likeness (QED) is 0.622. The van der Waals surface area contributed by atoms with E-state index in [4.69, 9.17) is 0 Å². The van der Waals surface area contributed by atoms with Crippen LogP contribution in [0.15, 0.2) is 0 Å². The second-order valence-electron chi connectivity index (χ2n) is 5.22. The molecule has 2 aliphatic heterocycles. The summed E-state index contributed by atoms with van der Waals surface area (Å²) in [6.45, 7) is 14.4. The minimum atomic E-state index is -0.894. The zero-order valence-corrected chi connectivity index (χ0v) is 15.7. The molecule has 0 amide bonds. The van der Waals surface area contributed by atoms with Gasteiger partial charge in [-0.1, -0.05) is 32.7 Å². The van der Waals surface area contributed by atoms with Gasteiger partial charge in [-0.2, -0.15) is 32.0 Å². The molecule has 0 aromatic heterocycles. The van der Waals surface area contributed by atoms with Gasteiger partial charge in [0.15, 0.2) is 0 Å². The molecule has 0 radical (unpaired) electrons. The topological polar surface area (TPSA) is 0 Å². The first-order valence-corrected chi connectivity index (χ1v) is 24.5. The van der Waals surface area contributed by atoms with Crippen molar-refractivity contribution < 1.29 is 0 Å². The number of rotatable bonds is 0. The van der Waals surface area contributed by atoms with Crippen LogP contribution in [0.5, 0.6) is 0 Å². The molecule has 0 atom stereocenters. The molecule has 76 valence electrons. The van der Waals surface area contributed by atoms with Crippen molar-refractivity contribution in [1.82, 2.24) is 0 Å². The number of hydrogen-bond donors (Lipinski definition) is 0. The molecule has 7 heteroatoms. The summed E-state index contributed by atoms with van der Waals surface area (Å²) >= 11 is 0. The van der Waals surface area contributed by atoms with E-state index in [2.05, 4.69) is 71.3 Å². The van der Waals surface area contributed by atoms with Crippen LogP contribution in [0, 0.1) is 0 Å². The van der Waals surface area contributed by atoms with Gasteiger partial charge < -0.3 is 0 Å². The number of hydrogen-bond acceptors (Lipinski definition) is 3. The van der Waals surface area contributed by atoms with Gasteiger partial charge in [0.1, 0.15) is 19.7 Å². The highest BCUT2D eigenvalue weighted by Gasteiger charge is 2.74. The van der Waals surface area contributed by atoms with Gasteiger partial charge in [-0.15, -0.1) is 0 Å². The fourth-order valence-corrected chi connectivity index (χ4v) is 212. The van der Waals surface area contributed by atoms with Crippen LogP contribution in [-0.2, 0) is 0 Å². The van der Waals surface area contributed by atoms with Crippen LogP contribution in [-0.4, -0.2) is 25.3 Å². The van der Waals surface area contributed by atoms with Crippen molar-refractivity contribution in [3.63, 3.8) is 0 Å². The van der Waals surface area contributed by atoms with Gasteiger partial charge >= 0.3 is 0 Å². The van der Waals surface area contributed by atoms with Gasteiger partial charge in [0.2, 0.25) is 5.52 Å². The van der Waals surface area contributed by atoms with E-state index in [1.165, 1.54) is 0 Å². The molecule has 0 aliphatic carbocycles. The molecule has 2 aliphatic rings. The predicted molar refractivity (Wildman–Crippen MR) is 81.0 cm³/mol. The third-order valence-electron chi connectivity index (χ3n) is 3.57. The molecule has 2 fully saturated rings. The van der Waals surface area contributed by atoms with Crippen molar-refractivity contribution in [2.45, 2.75) is 39.3 Å². The van der Waals surface area contributed by atoms with Crippen LogP contribution in [0.4, 0.5) is 0 Å². The Hall–Kier alpha value is 1.92. The monoisotopic (exact) mass is 298 g/mol. The van der Waals surface area contributed by atoms with Gasteiger partial charge in [0.05, 0.1) is 0 Å². The maximum atomic E-state index is 2.74. The third kappa shape index (κ3) is 1.37. The van der Waals surface area contributed by atoms with Gasteiger partial charge in [0.25, 0.3) is 0 Å². The lowest BCUT2D eigenvalue weighted by Crippen LogP contribution is -2.65. The minimum Gasteiger partial charge on any atom is -0.189 e. The van der Waals surface area contributed by atoms with Crippen LogP contribution in [0.1, 0.15) is 0 Å². The summed E-state index contributed by atoms with van der Waals surface area (Å²) in [5, 5.41) is 0. The summed E-state index contributed by atoms with van der Waals surface area (Å²) in [6, 6.07) is 0. The normalized spacial score (nSPS) is 51.2. The highest BCUT2D eigenvalue weighted by Crippen LogP contribution is 2.71. The lowest BCUT2D eigenvalue weighted by Gasteiger charge is -2.44. The smallest absolute Gasteiger partial charge is 0.189 e. The fraction of sp³-hybridized carbons (Fsp3) is 1.00. The maximum absolute atomic E-state index is 2.74. The van der Waals surface area contributed by atoms with Crippen molar-refractivity contribution in [3.05, 3.63) is 0 Å². The average Bonchev–Trinajstić information content (AvgIpc) is 2.05. The van der Waals surface area contributed by atoms with E-state index in [1.807, 2.05) is 0 Å². The molecule has 0 N–H and O–H groups in total. The Morgan fingerprint density at radius 1 is 0.615 bits per heavy atom. The second kappa shape index (κ2) is 2.78. The van der Waals surface area contributed by atoms with E-state index in [0.717, 1.165) is 0 Å². The highest BCUT2D eigenvalue weighted by atomic mass is 33.0. The first kappa shape index (κ1) is 11.4. The van der Waals surface area contributed by atoms with E-state index < -0.39 is 25.3 Å². The SMILES string of the molecule is C[Si]12S[Si](C)(C)[Si](C)(S1)[Si](C)(C)S2. The Kier molecular flexibility index (Phi) is 2.44.